The first-order valence-corrected chi connectivity index (χ1v) is 7.89. The van der Waals surface area contributed by atoms with Crippen molar-refractivity contribution in [2.24, 2.45) is 11.3 Å². The van der Waals surface area contributed by atoms with Crippen molar-refractivity contribution >= 4 is 11.6 Å². The smallest absolute Gasteiger partial charge is 0.242 e. The van der Waals surface area contributed by atoms with Crippen molar-refractivity contribution in [3.05, 3.63) is 42.0 Å². The van der Waals surface area contributed by atoms with Gasteiger partial charge < -0.3 is 10.2 Å². The molecule has 114 valence electrons. The van der Waals surface area contributed by atoms with Crippen LogP contribution in [0.1, 0.15) is 25.3 Å². The van der Waals surface area contributed by atoms with Crippen LogP contribution in [0.2, 0.25) is 0 Å². The third-order valence-corrected chi connectivity index (χ3v) is 4.97. The van der Waals surface area contributed by atoms with E-state index in [0.29, 0.717) is 0 Å². The summed E-state index contributed by atoms with van der Waals surface area (Å²) in [5, 5.41) is 12.4. The van der Waals surface area contributed by atoms with E-state index in [1.54, 1.807) is 0 Å². The third kappa shape index (κ3) is 2.53. The number of hydrogen-bond acceptors (Lipinski definition) is 3. The Morgan fingerprint density at radius 1 is 1.32 bits per heavy atom. The molecule has 0 unspecified atom stereocenters. The largest absolute Gasteiger partial charge is 0.325 e. The van der Waals surface area contributed by atoms with Crippen LogP contribution in [-0.4, -0.2) is 30.4 Å². The Hall–Kier alpha value is -2.12. The maximum Gasteiger partial charge on any atom is 0.242 e. The molecular weight excluding hydrogens is 274 g/mol. The number of allylic oxidation sites excluding steroid dienone is 1. The minimum atomic E-state index is -0.584. The number of likely N-dealkylation sites (tertiary alicyclic amines) is 1. The molecule has 1 N–H and O–H groups in total. The molecule has 0 saturated carbocycles. The summed E-state index contributed by atoms with van der Waals surface area (Å²) < 4.78 is 0. The van der Waals surface area contributed by atoms with Crippen molar-refractivity contribution in [1.29, 1.82) is 5.26 Å². The summed E-state index contributed by atoms with van der Waals surface area (Å²) in [6, 6.07) is 12.1. The van der Waals surface area contributed by atoms with E-state index in [0.717, 1.165) is 43.7 Å². The fourth-order valence-corrected chi connectivity index (χ4v) is 3.55. The Balaban J connectivity index is 1.98. The fraction of sp³-hybridized carbons (Fsp3) is 0.444. The van der Waals surface area contributed by atoms with E-state index in [1.165, 1.54) is 0 Å². The van der Waals surface area contributed by atoms with Crippen LogP contribution < -0.4 is 5.32 Å². The number of nitriles is 1. The topological polar surface area (TPSA) is 56.1 Å². The van der Waals surface area contributed by atoms with Gasteiger partial charge in [0.25, 0.3) is 0 Å². The van der Waals surface area contributed by atoms with E-state index in [9.17, 15) is 10.1 Å². The molecule has 0 aliphatic carbocycles. The van der Waals surface area contributed by atoms with E-state index in [2.05, 4.69) is 29.3 Å². The molecule has 0 radical (unpaired) electrons. The zero-order chi connectivity index (χ0) is 15.6. The minimum absolute atomic E-state index is 0.159. The van der Waals surface area contributed by atoms with Crippen LogP contribution in [0, 0.1) is 22.7 Å². The standard InChI is InChI=1S/C18H21N3O/c1-2-21-10-8-18(9-11-21)12-16(14-6-4-3-5-7-14)20-17(22)15(18)13-19/h3-7,12,15H,2,8-11H2,1H3,(H,20,22)/t15-/m0/s1. The molecule has 1 atom stereocenters. The number of carbonyl (C=O) groups is 1. The maximum absolute atomic E-state index is 12.4. The average molecular weight is 295 g/mol. The molecule has 2 heterocycles. The second kappa shape index (κ2) is 5.94. The fourth-order valence-electron chi connectivity index (χ4n) is 3.55. The predicted octanol–water partition coefficient (Wildman–Crippen LogP) is 2.40. The van der Waals surface area contributed by atoms with Crippen molar-refractivity contribution in [3.8, 4) is 6.07 Å². The van der Waals surface area contributed by atoms with Crippen LogP contribution in [0.5, 0.6) is 0 Å². The lowest BCUT2D eigenvalue weighted by Crippen LogP contribution is -2.50. The Kier molecular flexibility index (Phi) is 4.00. The molecular formula is C18H21N3O. The van der Waals surface area contributed by atoms with Crippen LogP contribution in [0.15, 0.2) is 36.4 Å². The summed E-state index contributed by atoms with van der Waals surface area (Å²) in [6.45, 7) is 5.06. The number of carbonyl (C=O) groups excluding carboxylic acids is 1. The summed E-state index contributed by atoms with van der Waals surface area (Å²) >= 11 is 0. The highest BCUT2D eigenvalue weighted by Crippen LogP contribution is 2.44. The molecule has 1 saturated heterocycles. The van der Waals surface area contributed by atoms with Crippen LogP contribution in [-0.2, 0) is 4.79 Å². The minimum Gasteiger partial charge on any atom is -0.325 e. The average Bonchev–Trinajstić information content (AvgIpc) is 2.56. The Bertz CT molecular complexity index is 621. The van der Waals surface area contributed by atoms with Crippen molar-refractivity contribution in [3.63, 3.8) is 0 Å². The van der Waals surface area contributed by atoms with Crippen molar-refractivity contribution in [2.75, 3.05) is 19.6 Å². The summed E-state index contributed by atoms with van der Waals surface area (Å²) in [6.07, 6.45) is 3.87. The summed E-state index contributed by atoms with van der Waals surface area (Å²) in [7, 11) is 0. The highest BCUT2D eigenvalue weighted by molar-refractivity contribution is 5.93. The van der Waals surface area contributed by atoms with Gasteiger partial charge in [-0.2, -0.15) is 5.26 Å². The normalized spacial score (nSPS) is 24.5. The van der Waals surface area contributed by atoms with Gasteiger partial charge >= 0.3 is 0 Å². The van der Waals surface area contributed by atoms with E-state index in [-0.39, 0.29) is 11.3 Å². The lowest BCUT2D eigenvalue weighted by atomic mass is 9.66. The number of amides is 1. The van der Waals surface area contributed by atoms with Gasteiger partial charge in [-0.3, -0.25) is 4.79 Å². The van der Waals surface area contributed by atoms with Crippen LogP contribution >= 0.6 is 0 Å². The Morgan fingerprint density at radius 2 is 2.00 bits per heavy atom. The summed E-state index contributed by atoms with van der Waals surface area (Å²) in [4.78, 5) is 14.8. The highest BCUT2D eigenvalue weighted by atomic mass is 16.2. The molecule has 1 amide bonds. The van der Waals surface area contributed by atoms with Crippen molar-refractivity contribution in [2.45, 2.75) is 19.8 Å². The van der Waals surface area contributed by atoms with E-state index < -0.39 is 5.92 Å². The first kappa shape index (κ1) is 14.8. The maximum atomic E-state index is 12.4. The Morgan fingerprint density at radius 3 is 2.59 bits per heavy atom. The molecule has 4 heteroatoms. The molecule has 1 spiro atoms. The van der Waals surface area contributed by atoms with Gasteiger partial charge in [-0.05, 0) is 38.0 Å². The first-order valence-electron chi connectivity index (χ1n) is 7.89. The third-order valence-electron chi connectivity index (χ3n) is 4.97. The number of benzene rings is 1. The van der Waals surface area contributed by atoms with Gasteiger partial charge in [0.15, 0.2) is 0 Å². The number of piperidine rings is 1. The molecule has 1 aromatic carbocycles. The number of nitrogens with zero attached hydrogens (tertiary/aromatic N) is 2. The van der Waals surface area contributed by atoms with Gasteiger partial charge in [0.05, 0.1) is 6.07 Å². The zero-order valence-electron chi connectivity index (χ0n) is 12.9. The zero-order valence-corrected chi connectivity index (χ0v) is 12.9. The molecule has 0 aromatic heterocycles. The Labute approximate surface area is 131 Å². The van der Waals surface area contributed by atoms with Gasteiger partial charge in [-0.1, -0.05) is 43.3 Å². The number of hydrogen-bond donors (Lipinski definition) is 1. The molecule has 0 bridgehead atoms. The van der Waals surface area contributed by atoms with Crippen LogP contribution in [0.25, 0.3) is 5.70 Å². The SMILES string of the molecule is CCN1CCC2(C=C(c3ccccc3)NC(=O)[C@@H]2C#N)CC1. The number of rotatable bonds is 2. The monoisotopic (exact) mass is 295 g/mol. The lowest BCUT2D eigenvalue weighted by Gasteiger charge is -2.44. The van der Waals surface area contributed by atoms with Gasteiger partial charge in [-0.25, -0.2) is 0 Å². The molecule has 22 heavy (non-hydrogen) atoms. The molecule has 3 rings (SSSR count). The van der Waals surface area contributed by atoms with Gasteiger partial charge in [0.2, 0.25) is 5.91 Å². The number of nitrogens with one attached hydrogen (secondary N) is 1. The molecule has 2 aliphatic rings. The van der Waals surface area contributed by atoms with E-state index in [1.807, 2.05) is 30.3 Å². The van der Waals surface area contributed by atoms with Gasteiger partial charge in [0.1, 0.15) is 5.92 Å². The molecule has 2 aliphatic heterocycles. The predicted molar refractivity (Wildman–Crippen MR) is 85.4 cm³/mol. The van der Waals surface area contributed by atoms with Crippen LogP contribution in [0.4, 0.5) is 0 Å². The van der Waals surface area contributed by atoms with Crippen molar-refractivity contribution < 1.29 is 4.79 Å². The van der Waals surface area contributed by atoms with Gasteiger partial charge in [-0.15, -0.1) is 0 Å². The summed E-state index contributed by atoms with van der Waals surface area (Å²) in [5.74, 6) is -0.743. The highest BCUT2D eigenvalue weighted by Gasteiger charge is 2.46. The second-order valence-electron chi connectivity index (χ2n) is 6.14. The quantitative estimate of drug-likeness (QED) is 0.911. The molecule has 1 fully saturated rings. The summed E-state index contributed by atoms with van der Waals surface area (Å²) in [5.41, 5.74) is 1.53. The molecule has 1 aromatic rings. The first-order chi connectivity index (χ1) is 10.7. The second-order valence-corrected chi connectivity index (χ2v) is 6.14. The van der Waals surface area contributed by atoms with E-state index in [4.69, 9.17) is 0 Å². The van der Waals surface area contributed by atoms with Crippen LogP contribution in [0.3, 0.4) is 0 Å². The lowest BCUT2D eigenvalue weighted by molar-refractivity contribution is -0.126. The molecule has 4 nitrogen and oxygen atoms in total. The van der Waals surface area contributed by atoms with Crippen molar-refractivity contribution in [1.82, 2.24) is 10.2 Å². The van der Waals surface area contributed by atoms with Gasteiger partial charge in [0, 0.05) is 11.1 Å². The van der Waals surface area contributed by atoms with E-state index >= 15 is 0 Å².